The molecule has 0 unspecified atom stereocenters. The molecule has 0 aliphatic carbocycles. The molecule has 1 heterocycles. The maximum atomic E-state index is 10.7. The second-order valence-corrected chi connectivity index (χ2v) is 3.70. The number of carbonyl (C=O) groups is 1. The number of aromatic nitrogens is 1. The lowest BCUT2D eigenvalue weighted by Crippen LogP contribution is -2.23. The summed E-state index contributed by atoms with van der Waals surface area (Å²) in [5.74, 6) is -0.555. The van der Waals surface area contributed by atoms with Gasteiger partial charge in [-0.05, 0) is 19.1 Å². The van der Waals surface area contributed by atoms with Crippen molar-refractivity contribution in [3.8, 4) is 0 Å². The average Bonchev–Trinajstić information content (AvgIpc) is 2.14. The molecular weight excluding hydrogens is 198 g/mol. The van der Waals surface area contributed by atoms with E-state index < -0.39 is 5.97 Å². The van der Waals surface area contributed by atoms with E-state index >= 15 is 0 Å². The Labute approximate surface area is 86.9 Å². The number of aryl methyl sites for hydroxylation is 1. The Kier molecular flexibility index (Phi) is 3.71. The second kappa shape index (κ2) is 4.81. The summed E-state index contributed by atoms with van der Waals surface area (Å²) >= 11 is 1.34. The predicted octanol–water partition coefficient (Wildman–Crippen LogP) is 1.03. The van der Waals surface area contributed by atoms with Gasteiger partial charge in [0.15, 0.2) is 0 Å². The number of carboxylic acid groups (broad SMARTS) is 1. The lowest BCUT2D eigenvalue weighted by Gasteiger charge is -2.08. The first kappa shape index (κ1) is 10.8. The van der Waals surface area contributed by atoms with Crippen LogP contribution in [0.1, 0.15) is 16.1 Å². The van der Waals surface area contributed by atoms with Crippen molar-refractivity contribution in [1.29, 1.82) is 0 Å². The SMILES string of the molecule is C=CCSc1nc(C)ccc1C(=O)[O-]. The minimum Gasteiger partial charge on any atom is -0.545 e. The van der Waals surface area contributed by atoms with Gasteiger partial charge in [0.25, 0.3) is 0 Å². The summed E-state index contributed by atoms with van der Waals surface area (Å²) in [5.41, 5.74) is 0.934. The lowest BCUT2D eigenvalue weighted by atomic mass is 10.2. The van der Waals surface area contributed by atoms with E-state index in [1.165, 1.54) is 17.8 Å². The first-order valence-electron chi connectivity index (χ1n) is 4.08. The number of nitrogens with zero attached hydrogens (tertiary/aromatic N) is 1. The normalized spacial score (nSPS) is 9.79. The van der Waals surface area contributed by atoms with Crippen LogP contribution in [0.3, 0.4) is 0 Å². The molecule has 0 N–H and O–H groups in total. The second-order valence-electron chi connectivity index (χ2n) is 2.69. The molecule has 0 bridgehead atoms. The van der Waals surface area contributed by atoms with Gasteiger partial charge in [-0.1, -0.05) is 6.08 Å². The standard InChI is InChI=1S/C10H11NO2S/c1-3-6-14-9-8(10(12)13)5-4-7(2)11-9/h3-5H,1,6H2,2H3,(H,12,13)/p-1. The number of hydrogen-bond acceptors (Lipinski definition) is 4. The van der Waals surface area contributed by atoms with Crippen molar-refractivity contribution >= 4 is 17.7 Å². The first-order valence-corrected chi connectivity index (χ1v) is 5.06. The van der Waals surface area contributed by atoms with Gasteiger partial charge in [-0.15, -0.1) is 18.3 Å². The third-order valence-electron chi connectivity index (χ3n) is 1.56. The summed E-state index contributed by atoms with van der Waals surface area (Å²) < 4.78 is 0. The summed E-state index contributed by atoms with van der Waals surface area (Å²) in [5, 5.41) is 11.2. The molecule has 0 aliphatic heterocycles. The Balaban J connectivity index is 3.02. The van der Waals surface area contributed by atoms with Crippen molar-refractivity contribution in [3.63, 3.8) is 0 Å². The van der Waals surface area contributed by atoms with E-state index in [9.17, 15) is 9.90 Å². The number of thioether (sulfide) groups is 1. The zero-order valence-corrected chi connectivity index (χ0v) is 8.63. The molecular formula is C10H10NO2S-. The van der Waals surface area contributed by atoms with Crippen molar-refractivity contribution in [2.45, 2.75) is 11.9 Å². The Bertz CT molecular complexity index is 363. The molecule has 1 aromatic rings. The van der Waals surface area contributed by atoms with Crippen LogP contribution in [0.25, 0.3) is 0 Å². The number of carbonyl (C=O) groups excluding carboxylic acids is 1. The average molecular weight is 208 g/mol. The van der Waals surface area contributed by atoms with Crippen molar-refractivity contribution in [1.82, 2.24) is 4.98 Å². The van der Waals surface area contributed by atoms with Crippen LogP contribution in [0, 0.1) is 6.92 Å². The van der Waals surface area contributed by atoms with Crippen LogP contribution < -0.4 is 5.11 Å². The van der Waals surface area contributed by atoms with E-state index in [0.29, 0.717) is 10.8 Å². The molecule has 3 nitrogen and oxygen atoms in total. The van der Waals surface area contributed by atoms with E-state index in [4.69, 9.17) is 0 Å². The number of rotatable bonds is 4. The van der Waals surface area contributed by atoms with Gasteiger partial charge in [0.2, 0.25) is 0 Å². The summed E-state index contributed by atoms with van der Waals surface area (Å²) in [7, 11) is 0. The summed E-state index contributed by atoms with van der Waals surface area (Å²) in [6.07, 6.45) is 1.70. The topological polar surface area (TPSA) is 53.0 Å². The molecule has 1 aromatic heterocycles. The van der Waals surface area contributed by atoms with Crippen LogP contribution in [-0.2, 0) is 0 Å². The zero-order valence-electron chi connectivity index (χ0n) is 7.82. The third kappa shape index (κ3) is 2.60. The molecule has 14 heavy (non-hydrogen) atoms. The fraction of sp³-hybridized carbons (Fsp3) is 0.200. The largest absolute Gasteiger partial charge is 0.545 e. The van der Waals surface area contributed by atoms with Crippen LogP contribution in [-0.4, -0.2) is 16.7 Å². The maximum absolute atomic E-state index is 10.7. The molecule has 0 saturated heterocycles. The summed E-state index contributed by atoms with van der Waals surface area (Å²) in [6, 6.07) is 3.17. The minimum atomic E-state index is -1.19. The molecule has 1 rings (SSSR count). The van der Waals surface area contributed by atoms with Gasteiger partial charge in [-0.2, -0.15) is 0 Å². The molecule has 0 atom stereocenters. The highest BCUT2D eigenvalue weighted by molar-refractivity contribution is 7.99. The van der Waals surface area contributed by atoms with Crippen molar-refractivity contribution in [2.75, 3.05) is 5.75 Å². The highest BCUT2D eigenvalue weighted by Gasteiger charge is 2.04. The monoisotopic (exact) mass is 208 g/mol. The van der Waals surface area contributed by atoms with Crippen LogP contribution >= 0.6 is 11.8 Å². The van der Waals surface area contributed by atoms with Gasteiger partial charge in [-0.25, -0.2) is 4.98 Å². The molecule has 0 radical (unpaired) electrons. The van der Waals surface area contributed by atoms with E-state index in [1.807, 2.05) is 6.92 Å². The van der Waals surface area contributed by atoms with E-state index in [-0.39, 0.29) is 5.56 Å². The van der Waals surface area contributed by atoms with Crippen LogP contribution in [0.15, 0.2) is 29.8 Å². The van der Waals surface area contributed by atoms with Crippen molar-refractivity contribution < 1.29 is 9.90 Å². The Morgan fingerprint density at radius 2 is 2.43 bits per heavy atom. The maximum Gasteiger partial charge on any atom is 0.106 e. The predicted molar refractivity (Wildman–Crippen MR) is 54.2 cm³/mol. The molecule has 0 aliphatic rings. The van der Waals surface area contributed by atoms with Gasteiger partial charge < -0.3 is 9.90 Å². The van der Waals surface area contributed by atoms with Gasteiger partial charge in [0, 0.05) is 17.0 Å². The summed E-state index contributed by atoms with van der Waals surface area (Å²) in [6.45, 7) is 5.38. The molecule has 0 fully saturated rings. The van der Waals surface area contributed by atoms with E-state index in [2.05, 4.69) is 11.6 Å². The van der Waals surface area contributed by atoms with Gasteiger partial charge >= 0.3 is 0 Å². The molecule has 4 heteroatoms. The Morgan fingerprint density at radius 3 is 3.00 bits per heavy atom. The van der Waals surface area contributed by atoms with Crippen molar-refractivity contribution in [3.05, 3.63) is 36.0 Å². The van der Waals surface area contributed by atoms with Crippen LogP contribution in [0.5, 0.6) is 0 Å². The highest BCUT2D eigenvalue weighted by Crippen LogP contribution is 2.20. The highest BCUT2D eigenvalue weighted by atomic mass is 32.2. The molecule has 0 aromatic carbocycles. The minimum absolute atomic E-state index is 0.141. The molecule has 0 saturated carbocycles. The van der Waals surface area contributed by atoms with Crippen LogP contribution in [0.4, 0.5) is 0 Å². The number of aromatic carboxylic acids is 1. The fourth-order valence-electron chi connectivity index (χ4n) is 0.936. The van der Waals surface area contributed by atoms with Gasteiger partial charge in [0.05, 0.1) is 5.97 Å². The first-order chi connectivity index (χ1) is 6.65. The van der Waals surface area contributed by atoms with Crippen LogP contribution in [0.2, 0.25) is 0 Å². The van der Waals surface area contributed by atoms with E-state index in [0.717, 1.165) is 5.69 Å². The number of carboxylic acids is 1. The zero-order chi connectivity index (χ0) is 10.6. The smallest absolute Gasteiger partial charge is 0.106 e. The van der Waals surface area contributed by atoms with Gasteiger partial charge in [-0.3, -0.25) is 0 Å². The molecule has 74 valence electrons. The quantitative estimate of drug-likeness (QED) is 0.548. The number of hydrogen-bond donors (Lipinski definition) is 0. The van der Waals surface area contributed by atoms with Gasteiger partial charge in [0.1, 0.15) is 5.03 Å². The Morgan fingerprint density at radius 1 is 1.71 bits per heavy atom. The number of pyridine rings is 1. The summed E-state index contributed by atoms with van der Waals surface area (Å²) in [4.78, 5) is 14.8. The molecule has 0 amide bonds. The fourth-order valence-corrected chi connectivity index (χ4v) is 1.73. The van der Waals surface area contributed by atoms with E-state index in [1.54, 1.807) is 12.1 Å². The third-order valence-corrected chi connectivity index (χ3v) is 2.54. The lowest BCUT2D eigenvalue weighted by molar-refractivity contribution is -0.255. The molecule has 0 spiro atoms. The van der Waals surface area contributed by atoms with Crippen molar-refractivity contribution in [2.24, 2.45) is 0 Å². The Hall–Kier alpha value is -1.29.